The molecule has 0 bridgehead atoms. The summed E-state index contributed by atoms with van der Waals surface area (Å²) < 4.78 is 5.34. The number of benzene rings is 1. The standard InChI is InChI=1S/C12H19NO/c1-3-13-12-8-6-5-7-11(12)9-10-14-4-2/h5-8,13H,3-4,9-10H2,1-2H3. The Bertz CT molecular complexity index is 260. The molecule has 0 heterocycles. The van der Waals surface area contributed by atoms with Crippen LogP contribution in [0, 0.1) is 0 Å². The first-order valence-corrected chi connectivity index (χ1v) is 5.28. The average Bonchev–Trinajstić information content (AvgIpc) is 2.21. The van der Waals surface area contributed by atoms with Crippen molar-refractivity contribution in [2.45, 2.75) is 20.3 Å². The van der Waals surface area contributed by atoms with Crippen LogP contribution in [0.25, 0.3) is 0 Å². The molecular formula is C12H19NO. The number of hydrogen-bond donors (Lipinski definition) is 1. The molecule has 78 valence electrons. The second kappa shape index (κ2) is 6.44. The van der Waals surface area contributed by atoms with Crippen molar-refractivity contribution in [2.24, 2.45) is 0 Å². The van der Waals surface area contributed by atoms with E-state index in [0.29, 0.717) is 0 Å². The SMILES string of the molecule is CCNc1ccccc1CCOCC. The molecule has 0 saturated carbocycles. The van der Waals surface area contributed by atoms with Crippen molar-refractivity contribution in [3.05, 3.63) is 29.8 Å². The molecular weight excluding hydrogens is 174 g/mol. The van der Waals surface area contributed by atoms with E-state index in [0.717, 1.165) is 26.2 Å². The zero-order valence-electron chi connectivity index (χ0n) is 9.05. The zero-order chi connectivity index (χ0) is 10.2. The second-order valence-electron chi connectivity index (χ2n) is 3.13. The minimum atomic E-state index is 0.795. The number of rotatable bonds is 6. The molecule has 1 aromatic rings. The van der Waals surface area contributed by atoms with Crippen LogP contribution in [0.15, 0.2) is 24.3 Å². The highest BCUT2D eigenvalue weighted by Crippen LogP contribution is 2.15. The maximum atomic E-state index is 5.34. The van der Waals surface area contributed by atoms with Gasteiger partial charge in [-0.05, 0) is 31.9 Å². The third-order valence-electron chi connectivity index (χ3n) is 2.10. The maximum Gasteiger partial charge on any atom is 0.0507 e. The first-order valence-electron chi connectivity index (χ1n) is 5.28. The Hall–Kier alpha value is -1.02. The summed E-state index contributed by atoms with van der Waals surface area (Å²) in [6, 6.07) is 8.39. The number of hydrogen-bond acceptors (Lipinski definition) is 2. The van der Waals surface area contributed by atoms with Gasteiger partial charge in [0.1, 0.15) is 0 Å². The molecule has 1 N–H and O–H groups in total. The van der Waals surface area contributed by atoms with Gasteiger partial charge in [0.05, 0.1) is 6.61 Å². The van der Waals surface area contributed by atoms with E-state index in [-0.39, 0.29) is 0 Å². The topological polar surface area (TPSA) is 21.3 Å². The van der Waals surface area contributed by atoms with Gasteiger partial charge in [0.2, 0.25) is 0 Å². The van der Waals surface area contributed by atoms with E-state index >= 15 is 0 Å². The summed E-state index contributed by atoms with van der Waals surface area (Å²) >= 11 is 0. The van der Waals surface area contributed by atoms with Gasteiger partial charge in [-0.25, -0.2) is 0 Å². The van der Waals surface area contributed by atoms with Crippen molar-refractivity contribution >= 4 is 5.69 Å². The van der Waals surface area contributed by atoms with Crippen molar-refractivity contribution in [3.8, 4) is 0 Å². The van der Waals surface area contributed by atoms with E-state index in [4.69, 9.17) is 4.74 Å². The van der Waals surface area contributed by atoms with E-state index in [9.17, 15) is 0 Å². The molecule has 0 aliphatic heterocycles. The summed E-state index contributed by atoms with van der Waals surface area (Å²) in [6.45, 7) is 6.70. The average molecular weight is 193 g/mol. The summed E-state index contributed by atoms with van der Waals surface area (Å²) in [5.74, 6) is 0. The van der Waals surface area contributed by atoms with E-state index in [1.807, 2.05) is 6.92 Å². The van der Waals surface area contributed by atoms with Crippen LogP contribution in [-0.2, 0) is 11.2 Å². The molecule has 0 spiro atoms. The molecule has 0 aliphatic rings. The molecule has 2 heteroatoms. The van der Waals surface area contributed by atoms with Crippen molar-refractivity contribution in [2.75, 3.05) is 25.1 Å². The van der Waals surface area contributed by atoms with E-state index in [1.54, 1.807) is 0 Å². The Balaban J connectivity index is 2.55. The summed E-state index contributed by atoms with van der Waals surface area (Å²) in [4.78, 5) is 0. The lowest BCUT2D eigenvalue weighted by molar-refractivity contribution is 0.151. The molecule has 0 saturated heterocycles. The van der Waals surface area contributed by atoms with Gasteiger partial charge in [-0.1, -0.05) is 18.2 Å². The monoisotopic (exact) mass is 193 g/mol. The summed E-state index contributed by atoms with van der Waals surface area (Å²) in [7, 11) is 0. The molecule has 0 amide bonds. The molecule has 1 rings (SSSR count). The quantitative estimate of drug-likeness (QED) is 0.701. The molecule has 1 aromatic carbocycles. The maximum absolute atomic E-state index is 5.34. The summed E-state index contributed by atoms with van der Waals surface area (Å²) in [6.07, 6.45) is 0.983. The lowest BCUT2D eigenvalue weighted by Gasteiger charge is -2.10. The van der Waals surface area contributed by atoms with Crippen LogP contribution in [0.2, 0.25) is 0 Å². The number of ether oxygens (including phenoxy) is 1. The van der Waals surface area contributed by atoms with Crippen molar-refractivity contribution in [1.82, 2.24) is 0 Å². The minimum Gasteiger partial charge on any atom is -0.385 e. The molecule has 0 aliphatic carbocycles. The normalized spacial score (nSPS) is 10.1. The van der Waals surface area contributed by atoms with Gasteiger partial charge in [0.15, 0.2) is 0 Å². The van der Waals surface area contributed by atoms with Gasteiger partial charge in [-0.3, -0.25) is 0 Å². The molecule has 0 aromatic heterocycles. The lowest BCUT2D eigenvalue weighted by Crippen LogP contribution is -2.04. The Morgan fingerprint density at radius 3 is 2.71 bits per heavy atom. The Labute approximate surface area is 86.3 Å². The lowest BCUT2D eigenvalue weighted by atomic mass is 10.1. The molecule has 2 nitrogen and oxygen atoms in total. The van der Waals surface area contributed by atoms with E-state index in [1.165, 1.54) is 11.3 Å². The highest BCUT2D eigenvalue weighted by atomic mass is 16.5. The van der Waals surface area contributed by atoms with Gasteiger partial charge in [0, 0.05) is 18.8 Å². The Morgan fingerprint density at radius 2 is 2.00 bits per heavy atom. The molecule has 0 unspecified atom stereocenters. The Morgan fingerprint density at radius 1 is 1.21 bits per heavy atom. The predicted molar refractivity (Wildman–Crippen MR) is 60.8 cm³/mol. The number of nitrogens with one attached hydrogen (secondary N) is 1. The highest BCUT2D eigenvalue weighted by Gasteiger charge is 1.99. The minimum absolute atomic E-state index is 0.795. The largest absolute Gasteiger partial charge is 0.385 e. The first kappa shape index (κ1) is 11.1. The molecule has 14 heavy (non-hydrogen) atoms. The summed E-state index contributed by atoms with van der Waals surface area (Å²) in [5.41, 5.74) is 2.57. The van der Waals surface area contributed by atoms with Crippen LogP contribution >= 0.6 is 0 Å². The molecule has 0 atom stereocenters. The fourth-order valence-electron chi connectivity index (χ4n) is 1.43. The first-order chi connectivity index (χ1) is 6.88. The summed E-state index contributed by atoms with van der Waals surface area (Å²) in [5, 5.41) is 3.35. The fraction of sp³-hybridized carbons (Fsp3) is 0.500. The van der Waals surface area contributed by atoms with E-state index < -0.39 is 0 Å². The Kier molecular flexibility index (Phi) is 5.08. The van der Waals surface area contributed by atoms with Crippen LogP contribution < -0.4 is 5.32 Å². The van der Waals surface area contributed by atoms with Crippen molar-refractivity contribution < 1.29 is 4.74 Å². The van der Waals surface area contributed by atoms with Crippen molar-refractivity contribution in [3.63, 3.8) is 0 Å². The number of para-hydroxylation sites is 1. The smallest absolute Gasteiger partial charge is 0.0507 e. The zero-order valence-corrected chi connectivity index (χ0v) is 9.05. The van der Waals surface area contributed by atoms with Gasteiger partial charge in [-0.2, -0.15) is 0 Å². The van der Waals surface area contributed by atoms with Crippen LogP contribution in [0.4, 0.5) is 5.69 Å². The third kappa shape index (κ3) is 3.38. The predicted octanol–water partition coefficient (Wildman–Crippen LogP) is 2.70. The van der Waals surface area contributed by atoms with Crippen LogP contribution in [0.5, 0.6) is 0 Å². The third-order valence-corrected chi connectivity index (χ3v) is 2.10. The van der Waals surface area contributed by atoms with Gasteiger partial charge in [0.25, 0.3) is 0 Å². The fourth-order valence-corrected chi connectivity index (χ4v) is 1.43. The van der Waals surface area contributed by atoms with Gasteiger partial charge in [-0.15, -0.1) is 0 Å². The van der Waals surface area contributed by atoms with Crippen LogP contribution in [-0.4, -0.2) is 19.8 Å². The highest BCUT2D eigenvalue weighted by molar-refractivity contribution is 5.50. The van der Waals surface area contributed by atoms with Crippen LogP contribution in [0.1, 0.15) is 19.4 Å². The van der Waals surface area contributed by atoms with E-state index in [2.05, 4.69) is 36.5 Å². The van der Waals surface area contributed by atoms with Crippen molar-refractivity contribution in [1.29, 1.82) is 0 Å². The van der Waals surface area contributed by atoms with Gasteiger partial charge >= 0.3 is 0 Å². The second-order valence-corrected chi connectivity index (χ2v) is 3.13. The number of anilines is 1. The molecule has 0 fully saturated rings. The van der Waals surface area contributed by atoms with Gasteiger partial charge < -0.3 is 10.1 Å². The molecule has 0 radical (unpaired) electrons. The van der Waals surface area contributed by atoms with Crippen LogP contribution in [0.3, 0.4) is 0 Å².